The molecule has 1 fully saturated rings. The maximum atomic E-state index is 2.54. The Labute approximate surface area is 149 Å². The van der Waals surface area contributed by atoms with Crippen molar-refractivity contribution < 1.29 is 0 Å². The van der Waals surface area contributed by atoms with Crippen LogP contribution in [0.1, 0.15) is 102 Å². The third-order valence-corrected chi connectivity index (χ3v) is 6.50. The summed E-state index contributed by atoms with van der Waals surface area (Å²) >= 11 is 0. The van der Waals surface area contributed by atoms with E-state index < -0.39 is 0 Å². The first-order chi connectivity index (χ1) is 11.8. The SMILES string of the molecule is CCCCCC1CC=C(c2ccc(C3CCC(C)CC3)cc2)CC1. The van der Waals surface area contributed by atoms with E-state index in [2.05, 4.69) is 44.2 Å². The fourth-order valence-electron chi connectivity index (χ4n) is 4.66. The van der Waals surface area contributed by atoms with Gasteiger partial charge in [-0.2, -0.15) is 0 Å². The summed E-state index contributed by atoms with van der Waals surface area (Å²) in [6, 6.07) is 9.64. The van der Waals surface area contributed by atoms with Crippen molar-refractivity contribution in [3.63, 3.8) is 0 Å². The molecule has 0 N–H and O–H groups in total. The van der Waals surface area contributed by atoms with Gasteiger partial charge in [0.05, 0.1) is 0 Å². The Bertz CT molecular complexity index is 513. The average Bonchev–Trinajstić information content (AvgIpc) is 2.63. The van der Waals surface area contributed by atoms with Crippen LogP contribution in [-0.2, 0) is 0 Å². The van der Waals surface area contributed by atoms with E-state index in [0.29, 0.717) is 0 Å². The van der Waals surface area contributed by atoms with Crippen molar-refractivity contribution in [3.05, 3.63) is 41.5 Å². The number of hydrogen-bond donors (Lipinski definition) is 0. The lowest BCUT2D eigenvalue weighted by atomic mass is 9.79. The van der Waals surface area contributed by atoms with E-state index in [0.717, 1.165) is 17.8 Å². The van der Waals surface area contributed by atoms with Gasteiger partial charge in [0.2, 0.25) is 0 Å². The zero-order valence-corrected chi connectivity index (χ0v) is 15.9. The van der Waals surface area contributed by atoms with E-state index in [9.17, 15) is 0 Å². The van der Waals surface area contributed by atoms with Crippen LogP contribution in [0.3, 0.4) is 0 Å². The van der Waals surface area contributed by atoms with Crippen LogP contribution in [-0.4, -0.2) is 0 Å². The summed E-state index contributed by atoms with van der Waals surface area (Å²) in [5, 5.41) is 0. The van der Waals surface area contributed by atoms with Crippen molar-refractivity contribution >= 4 is 5.57 Å². The molecule has 24 heavy (non-hydrogen) atoms. The van der Waals surface area contributed by atoms with Crippen LogP contribution in [0.2, 0.25) is 0 Å². The molecular weight excluding hydrogens is 288 g/mol. The van der Waals surface area contributed by atoms with Crippen molar-refractivity contribution in [2.24, 2.45) is 11.8 Å². The molecule has 2 aliphatic carbocycles. The Morgan fingerprint density at radius 3 is 2.29 bits per heavy atom. The summed E-state index contributed by atoms with van der Waals surface area (Å²) in [6.45, 7) is 4.71. The molecular formula is C24H36. The molecule has 2 aliphatic rings. The molecule has 0 amide bonds. The molecule has 0 aliphatic heterocycles. The van der Waals surface area contributed by atoms with E-state index in [-0.39, 0.29) is 0 Å². The molecule has 0 heterocycles. The van der Waals surface area contributed by atoms with Crippen molar-refractivity contribution in [1.82, 2.24) is 0 Å². The highest BCUT2D eigenvalue weighted by atomic mass is 14.3. The second-order valence-electron chi connectivity index (χ2n) is 8.44. The Kier molecular flexibility index (Phi) is 6.58. The second-order valence-corrected chi connectivity index (χ2v) is 8.44. The highest BCUT2D eigenvalue weighted by molar-refractivity contribution is 5.66. The molecule has 0 bridgehead atoms. The van der Waals surface area contributed by atoms with Gasteiger partial charge in [-0.3, -0.25) is 0 Å². The third-order valence-electron chi connectivity index (χ3n) is 6.50. The first-order valence-electron chi connectivity index (χ1n) is 10.6. The standard InChI is InChI=1S/C24H36/c1-3-4-5-6-20-9-13-22(14-10-20)24-17-15-23(16-18-24)21-11-7-19(2)8-12-21/h13,15-21H,3-12,14H2,1-2H3. The van der Waals surface area contributed by atoms with Crippen LogP contribution in [0.5, 0.6) is 0 Å². The van der Waals surface area contributed by atoms with Gasteiger partial charge in [-0.15, -0.1) is 0 Å². The molecule has 0 radical (unpaired) electrons. The van der Waals surface area contributed by atoms with E-state index >= 15 is 0 Å². The minimum atomic E-state index is 0.818. The minimum Gasteiger partial charge on any atom is -0.0804 e. The molecule has 0 spiro atoms. The molecule has 0 nitrogen and oxygen atoms in total. The van der Waals surface area contributed by atoms with Crippen LogP contribution >= 0.6 is 0 Å². The van der Waals surface area contributed by atoms with Gasteiger partial charge < -0.3 is 0 Å². The summed E-state index contributed by atoms with van der Waals surface area (Å²) in [5.74, 6) is 2.71. The first-order valence-corrected chi connectivity index (χ1v) is 10.6. The predicted molar refractivity (Wildman–Crippen MR) is 106 cm³/mol. The summed E-state index contributed by atoms with van der Waals surface area (Å²) in [4.78, 5) is 0. The van der Waals surface area contributed by atoms with Crippen molar-refractivity contribution in [1.29, 1.82) is 0 Å². The molecule has 1 unspecified atom stereocenters. The molecule has 1 aromatic rings. The maximum absolute atomic E-state index is 2.54. The van der Waals surface area contributed by atoms with Crippen LogP contribution < -0.4 is 0 Å². The fraction of sp³-hybridized carbons (Fsp3) is 0.667. The number of rotatable bonds is 6. The predicted octanol–water partition coefficient (Wildman–Crippen LogP) is 7.74. The number of allylic oxidation sites excluding steroid dienone is 2. The molecule has 0 aromatic heterocycles. The van der Waals surface area contributed by atoms with Gasteiger partial charge >= 0.3 is 0 Å². The smallest absolute Gasteiger partial charge is 0.0162 e. The highest BCUT2D eigenvalue weighted by Crippen LogP contribution is 2.37. The lowest BCUT2D eigenvalue weighted by molar-refractivity contribution is 0.348. The molecule has 1 saturated carbocycles. The quantitative estimate of drug-likeness (QED) is 0.469. The average molecular weight is 325 g/mol. The summed E-state index contributed by atoms with van der Waals surface area (Å²) in [6.07, 6.45) is 17.8. The van der Waals surface area contributed by atoms with Crippen LogP contribution in [0.4, 0.5) is 0 Å². The van der Waals surface area contributed by atoms with Gasteiger partial charge in [-0.05, 0) is 66.6 Å². The number of hydrogen-bond acceptors (Lipinski definition) is 0. The monoisotopic (exact) mass is 324 g/mol. The van der Waals surface area contributed by atoms with Gasteiger partial charge in [0.15, 0.2) is 0 Å². The number of benzene rings is 1. The van der Waals surface area contributed by atoms with Gasteiger partial charge in [-0.1, -0.05) is 82.7 Å². The number of unbranched alkanes of at least 4 members (excludes halogenated alkanes) is 2. The zero-order chi connectivity index (χ0) is 16.8. The topological polar surface area (TPSA) is 0 Å². The lowest BCUT2D eigenvalue weighted by Crippen LogP contribution is -2.10. The minimum absolute atomic E-state index is 0.818. The highest BCUT2D eigenvalue weighted by Gasteiger charge is 2.20. The van der Waals surface area contributed by atoms with Crippen LogP contribution in [0.25, 0.3) is 5.57 Å². The van der Waals surface area contributed by atoms with Crippen molar-refractivity contribution in [3.8, 4) is 0 Å². The van der Waals surface area contributed by atoms with Gasteiger partial charge in [0, 0.05) is 0 Å². The summed E-state index contributed by atoms with van der Waals surface area (Å²) in [7, 11) is 0. The fourth-order valence-corrected chi connectivity index (χ4v) is 4.66. The van der Waals surface area contributed by atoms with Gasteiger partial charge in [0.25, 0.3) is 0 Å². The molecule has 0 saturated heterocycles. The van der Waals surface area contributed by atoms with Crippen LogP contribution in [0.15, 0.2) is 30.3 Å². The van der Waals surface area contributed by atoms with Crippen LogP contribution in [0, 0.1) is 11.8 Å². The molecule has 132 valence electrons. The maximum Gasteiger partial charge on any atom is -0.0162 e. The van der Waals surface area contributed by atoms with Crippen molar-refractivity contribution in [2.75, 3.05) is 0 Å². The molecule has 1 aromatic carbocycles. The Morgan fingerprint density at radius 1 is 0.917 bits per heavy atom. The largest absolute Gasteiger partial charge is 0.0804 e. The Balaban J connectivity index is 1.54. The third kappa shape index (κ3) is 4.74. The summed E-state index contributed by atoms with van der Waals surface area (Å²) in [5.41, 5.74) is 4.67. The Hall–Kier alpha value is -1.04. The summed E-state index contributed by atoms with van der Waals surface area (Å²) < 4.78 is 0. The lowest BCUT2D eigenvalue weighted by Gasteiger charge is -2.27. The van der Waals surface area contributed by atoms with Crippen molar-refractivity contribution in [2.45, 2.75) is 90.4 Å². The Morgan fingerprint density at radius 2 is 1.67 bits per heavy atom. The van der Waals surface area contributed by atoms with E-state index in [4.69, 9.17) is 0 Å². The second kappa shape index (κ2) is 8.88. The van der Waals surface area contributed by atoms with E-state index in [1.54, 1.807) is 11.1 Å². The van der Waals surface area contributed by atoms with Gasteiger partial charge in [0.1, 0.15) is 0 Å². The molecule has 3 rings (SSSR count). The molecule has 0 heteroatoms. The normalized spacial score (nSPS) is 27.8. The first kappa shape index (κ1) is 17.8. The van der Waals surface area contributed by atoms with Gasteiger partial charge in [-0.25, -0.2) is 0 Å². The zero-order valence-electron chi connectivity index (χ0n) is 15.9. The van der Waals surface area contributed by atoms with E-state index in [1.165, 1.54) is 76.2 Å². The molecule has 1 atom stereocenters. The van der Waals surface area contributed by atoms with E-state index in [1.807, 2.05) is 0 Å².